The number of hydrogen-bond acceptors (Lipinski definition) is 0. The lowest BCUT2D eigenvalue weighted by molar-refractivity contribution is 0.869. The Morgan fingerprint density at radius 1 is 0.344 bits per heavy atom. The van der Waals surface area contributed by atoms with E-state index < -0.39 is 0 Å². The minimum absolute atomic E-state index is 0.152. The summed E-state index contributed by atoms with van der Waals surface area (Å²) >= 11 is 0. The average Bonchev–Trinajstić information content (AvgIpc) is 4.16. The van der Waals surface area contributed by atoms with Crippen LogP contribution in [0.2, 0.25) is 0 Å². The molecule has 2 aliphatic carbocycles. The molecule has 2 atom stereocenters. The summed E-state index contributed by atoms with van der Waals surface area (Å²) in [6, 6.07) is 64.7. The van der Waals surface area contributed by atoms with Gasteiger partial charge in [-0.3, -0.25) is 0 Å². The molecule has 2 aliphatic rings. The van der Waals surface area contributed by atoms with Gasteiger partial charge in [0, 0.05) is 54.9 Å². The second-order valence-electron chi connectivity index (χ2n) is 19.4. The molecule has 2 unspecified atom stereocenters. The minimum atomic E-state index is 0.152. The van der Waals surface area contributed by atoms with E-state index in [4.69, 9.17) is 0 Å². The molecule has 302 valence electrons. The van der Waals surface area contributed by atoms with Crippen molar-refractivity contribution in [2.24, 2.45) is 0 Å². The molecule has 0 saturated heterocycles. The molecule has 0 aliphatic heterocycles. The Morgan fingerprint density at radius 2 is 0.719 bits per heavy atom. The van der Waals surface area contributed by atoms with Crippen molar-refractivity contribution < 1.29 is 0 Å². The van der Waals surface area contributed by atoms with Gasteiger partial charge in [0.2, 0.25) is 0 Å². The maximum atomic E-state index is 2.72. The largest absolute Gasteiger partial charge is 0.308 e. The second kappa shape index (κ2) is 12.2. The number of hydrogen-bond donors (Lipinski definition) is 0. The summed E-state index contributed by atoms with van der Waals surface area (Å²) in [5.41, 5.74) is 24.9. The summed E-state index contributed by atoms with van der Waals surface area (Å²) in [6.07, 6.45) is 0. The average molecular weight is 817 g/mol. The number of benzene rings is 9. The zero-order valence-electron chi connectivity index (χ0n) is 36.4. The Bertz CT molecular complexity index is 3850. The van der Waals surface area contributed by atoms with Crippen molar-refractivity contribution in [1.82, 2.24) is 8.80 Å². The number of nitrogens with zero attached hydrogens (tertiary/aromatic N) is 2. The van der Waals surface area contributed by atoms with E-state index in [0.29, 0.717) is 0 Å². The molecule has 0 N–H and O–H groups in total. The Morgan fingerprint density at radius 3 is 1.14 bits per heavy atom. The van der Waals surface area contributed by atoms with Gasteiger partial charge >= 0.3 is 0 Å². The third kappa shape index (κ3) is 4.05. The van der Waals surface area contributed by atoms with Gasteiger partial charge in [-0.05, 0) is 103 Å². The van der Waals surface area contributed by atoms with Gasteiger partial charge in [0.05, 0.1) is 33.1 Å². The van der Waals surface area contributed by atoms with Crippen LogP contribution in [0.1, 0.15) is 95.9 Å². The van der Waals surface area contributed by atoms with Crippen molar-refractivity contribution in [3.05, 3.63) is 214 Å². The van der Waals surface area contributed by atoms with E-state index in [1.54, 1.807) is 0 Å². The first-order valence-corrected chi connectivity index (χ1v) is 23.2. The van der Waals surface area contributed by atoms with Crippen LogP contribution in [0.5, 0.6) is 0 Å². The Kier molecular flexibility index (Phi) is 6.68. The summed E-state index contributed by atoms with van der Waals surface area (Å²) in [7, 11) is 0. The predicted molar refractivity (Wildman–Crippen MR) is 270 cm³/mol. The smallest absolute Gasteiger partial charge is 0.0624 e. The highest BCUT2D eigenvalue weighted by molar-refractivity contribution is 6.34. The highest BCUT2D eigenvalue weighted by Gasteiger charge is 2.39. The molecule has 2 heteroatoms. The Balaban J connectivity index is 1.21. The van der Waals surface area contributed by atoms with Crippen LogP contribution in [0, 0.1) is 0 Å². The van der Waals surface area contributed by atoms with Crippen molar-refractivity contribution >= 4 is 76.2 Å². The van der Waals surface area contributed by atoms with Crippen molar-refractivity contribution in [1.29, 1.82) is 0 Å². The van der Waals surface area contributed by atoms with Gasteiger partial charge in [-0.1, -0.05) is 173 Å². The van der Waals surface area contributed by atoms with Crippen LogP contribution in [0.25, 0.3) is 98.4 Å². The van der Waals surface area contributed by atoms with Crippen LogP contribution >= 0.6 is 0 Å². The van der Waals surface area contributed by atoms with Crippen LogP contribution in [0.3, 0.4) is 0 Å². The summed E-state index contributed by atoms with van der Waals surface area (Å²) in [6.45, 7) is 9.76. The fourth-order valence-corrected chi connectivity index (χ4v) is 13.5. The molecule has 2 nitrogen and oxygen atoms in total. The molecular weight excluding hydrogens is 773 g/mol. The van der Waals surface area contributed by atoms with Crippen molar-refractivity contribution in [3.8, 4) is 22.3 Å². The van der Waals surface area contributed by atoms with Gasteiger partial charge in [-0.15, -0.1) is 0 Å². The molecule has 0 bridgehead atoms. The zero-order chi connectivity index (χ0) is 42.3. The first-order chi connectivity index (χ1) is 31.5. The molecule has 64 heavy (non-hydrogen) atoms. The molecule has 4 aromatic heterocycles. The standard InChI is InChI=1S/C62H44N2/c1-33(2)49-57-45-31-43-37-23-11-13-25-39(37)51(35-19-7-5-8-20-35)53(43)55-42-28-16-18-30-48(42)64(59(45)55)62(57)50(34(3)4)58-46-32-44-38-24-12-14-26-40(38)52(36-21-9-6-10-22-36)54(44)56-41-27-15-17-29-47(41)63(60(46)56)61(49)58/h5-34,51-52H,1-4H3. The second-order valence-corrected chi connectivity index (χ2v) is 19.4. The molecule has 0 amide bonds. The van der Waals surface area contributed by atoms with Crippen LogP contribution in [-0.2, 0) is 0 Å². The molecule has 0 radical (unpaired) electrons. The van der Waals surface area contributed by atoms with E-state index in [1.807, 2.05) is 0 Å². The zero-order valence-corrected chi connectivity index (χ0v) is 36.4. The summed E-state index contributed by atoms with van der Waals surface area (Å²) in [5, 5.41) is 11.1. The highest BCUT2D eigenvalue weighted by Crippen LogP contribution is 2.60. The van der Waals surface area contributed by atoms with E-state index >= 15 is 0 Å². The number of aromatic nitrogens is 2. The van der Waals surface area contributed by atoms with E-state index in [0.717, 1.165) is 0 Å². The first-order valence-electron chi connectivity index (χ1n) is 23.2. The van der Waals surface area contributed by atoms with E-state index in [2.05, 4.69) is 206 Å². The fraction of sp³-hybridized carbons (Fsp3) is 0.129. The molecule has 9 aromatic carbocycles. The van der Waals surface area contributed by atoms with Crippen LogP contribution in [0.4, 0.5) is 0 Å². The fourth-order valence-electron chi connectivity index (χ4n) is 13.5. The monoisotopic (exact) mass is 816 g/mol. The Labute approximate surface area is 371 Å². The van der Waals surface area contributed by atoms with Gasteiger partial charge in [0.15, 0.2) is 0 Å². The summed E-state index contributed by atoms with van der Waals surface area (Å²) < 4.78 is 5.44. The van der Waals surface area contributed by atoms with E-state index in [1.165, 1.54) is 143 Å². The van der Waals surface area contributed by atoms with Crippen LogP contribution < -0.4 is 0 Å². The van der Waals surface area contributed by atoms with Crippen molar-refractivity contribution in [2.75, 3.05) is 0 Å². The van der Waals surface area contributed by atoms with Gasteiger partial charge in [0.25, 0.3) is 0 Å². The maximum absolute atomic E-state index is 2.72. The molecule has 15 rings (SSSR count). The minimum Gasteiger partial charge on any atom is -0.308 e. The van der Waals surface area contributed by atoms with Crippen molar-refractivity contribution in [2.45, 2.75) is 51.4 Å². The van der Waals surface area contributed by atoms with Gasteiger partial charge < -0.3 is 8.80 Å². The highest BCUT2D eigenvalue weighted by atomic mass is 14.9. The lowest BCUT2D eigenvalue weighted by Crippen LogP contribution is -2.01. The lowest BCUT2D eigenvalue weighted by Gasteiger charge is -2.19. The van der Waals surface area contributed by atoms with Crippen LogP contribution in [-0.4, -0.2) is 8.80 Å². The third-order valence-electron chi connectivity index (χ3n) is 15.6. The van der Waals surface area contributed by atoms with E-state index in [9.17, 15) is 0 Å². The topological polar surface area (TPSA) is 8.82 Å². The predicted octanol–water partition coefficient (Wildman–Crippen LogP) is 16.6. The maximum Gasteiger partial charge on any atom is 0.0624 e. The van der Waals surface area contributed by atoms with Crippen LogP contribution in [0.15, 0.2) is 170 Å². The quantitative estimate of drug-likeness (QED) is 0.167. The van der Waals surface area contributed by atoms with Gasteiger partial charge in [-0.25, -0.2) is 0 Å². The van der Waals surface area contributed by atoms with Crippen molar-refractivity contribution in [3.63, 3.8) is 0 Å². The summed E-state index contributed by atoms with van der Waals surface area (Å²) in [4.78, 5) is 0. The van der Waals surface area contributed by atoms with Gasteiger partial charge in [0.1, 0.15) is 0 Å². The molecule has 0 fully saturated rings. The molecular formula is C62H44N2. The Hall–Kier alpha value is -7.42. The number of fused-ring (bicyclic) bond motifs is 20. The molecule has 4 heterocycles. The molecule has 0 spiro atoms. The SMILES string of the molecule is CC(C)c1c2c3cc4c(c5c6ccccc6n(c2c(C(C)C)c2c6cc7c(c8c9ccccc9n(c12)c68)C(c1ccccc1)c1ccccc1-7)c35)C(c1ccccc1)c1ccccc1-4. The van der Waals surface area contributed by atoms with E-state index in [-0.39, 0.29) is 23.7 Å². The lowest BCUT2D eigenvalue weighted by atomic mass is 9.84. The first kappa shape index (κ1) is 35.1. The normalized spacial score (nSPS) is 15.8. The number of para-hydroxylation sites is 2. The van der Waals surface area contributed by atoms with Gasteiger partial charge in [-0.2, -0.15) is 0 Å². The number of rotatable bonds is 4. The molecule has 0 saturated carbocycles. The summed E-state index contributed by atoms with van der Waals surface area (Å²) in [5.74, 6) is 0.809. The third-order valence-corrected chi connectivity index (χ3v) is 15.6. The molecule has 13 aromatic rings.